The van der Waals surface area contributed by atoms with Gasteiger partial charge in [0.2, 0.25) is 0 Å². The molecule has 0 radical (unpaired) electrons. The molecule has 0 aliphatic heterocycles. The molecule has 0 bridgehead atoms. The van der Waals surface area contributed by atoms with E-state index in [4.69, 9.17) is 5.73 Å². The van der Waals surface area contributed by atoms with Crippen molar-refractivity contribution in [1.82, 2.24) is 4.90 Å². The van der Waals surface area contributed by atoms with Gasteiger partial charge in [0, 0.05) is 18.7 Å². The van der Waals surface area contributed by atoms with E-state index in [0.29, 0.717) is 24.6 Å². The quantitative estimate of drug-likeness (QED) is 0.803. The number of hydrogen-bond donors (Lipinski definition) is 1. The zero-order valence-corrected chi connectivity index (χ0v) is 11.9. The molecule has 0 saturated heterocycles. The van der Waals surface area contributed by atoms with Gasteiger partial charge in [-0.3, -0.25) is 4.79 Å². The minimum atomic E-state index is -0.538. The maximum atomic E-state index is 13.4. The first-order valence-corrected chi connectivity index (χ1v) is 6.87. The molecule has 1 amide bonds. The zero-order valence-electron chi connectivity index (χ0n) is 11.9. The molecule has 1 aromatic rings. The van der Waals surface area contributed by atoms with Gasteiger partial charge < -0.3 is 10.6 Å². The Labute approximate surface area is 114 Å². The average Bonchev–Trinajstić information content (AvgIpc) is 2.42. The molecule has 0 heterocycles. The Morgan fingerprint density at radius 3 is 2.42 bits per heavy atom. The SMILES string of the molecule is CCC(CC)CN(CC)C(=O)c1ccc(N)c(F)c1. The Hall–Kier alpha value is -1.58. The fourth-order valence-electron chi connectivity index (χ4n) is 2.06. The van der Waals surface area contributed by atoms with E-state index in [1.165, 1.54) is 12.1 Å². The van der Waals surface area contributed by atoms with Gasteiger partial charge in [-0.15, -0.1) is 0 Å². The van der Waals surface area contributed by atoms with Gasteiger partial charge in [0.15, 0.2) is 0 Å². The largest absolute Gasteiger partial charge is 0.396 e. The van der Waals surface area contributed by atoms with Crippen LogP contribution in [-0.2, 0) is 0 Å². The number of benzene rings is 1. The third kappa shape index (κ3) is 3.94. The van der Waals surface area contributed by atoms with Crippen LogP contribution in [0.25, 0.3) is 0 Å². The Balaban J connectivity index is 2.85. The van der Waals surface area contributed by atoms with E-state index in [0.717, 1.165) is 12.8 Å². The number of nitrogens with zero attached hydrogens (tertiary/aromatic N) is 1. The monoisotopic (exact) mass is 266 g/mol. The molecule has 106 valence electrons. The van der Waals surface area contributed by atoms with Crippen molar-refractivity contribution in [2.45, 2.75) is 33.6 Å². The first-order chi connectivity index (χ1) is 9.03. The van der Waals surface area contributed by atoms with Crippen LogP contribution >= 0.6 is 0 Å². The normalized spacial score (nSPS) is 10.8. The second-order valence-corrected chi connectivity index (χ2v) is 4.76. The first-order valence-electron chi connectivity index (χ1n) is 6.87. The molecule has 4 heteroatoms. The smallest absolute Gasteiger partial charge is 0.253 e. The number of nitrogens with two attached hydrogens (primary N) is 1. The van der Waals surface area contributed by atoms with E-state index in [1.54, 1.807) is 11.0 Å². The molecule has 1 rings (SSSR count). The Kier molecular flexibility index (Phi) is 5.80. The van der Waals surface area contributed by atoms with Crippen LogP contribution in [-0.4, -0.2) is 23.9 Å². The lowest BCUT2D eigenvalue weighted by molar-refractivity contribution is 0.0734. The summed E-state index contributed by atoms with van der Waals surface area (Å²) in [6.07, 6.45) is 2.08. The van der Waals surface area contributed by atoms with Gasteiger partial charge in [-0.05, 0) is 31.0 Å². The van der Waals surface area contributed by atoms with Gasteiger partial charge in [0.05, 0.1) is 5.69 Å². The lowest BCUT2D eigenvalue weighted by Gasteiger charge is -2.25. The Bertz CT molecular complexity index is 430. The van der Waals surface area contributed by atoms with Crippen LogP contribution in [0.2, 0.25) is 0 Å². The van der Waals surface area contributed by atoms with Gasteiger partial charge in [-0.25, -0.2) is 4.39 Å². The molecule has 0 aliphatic carbocycles. The summed E-state index contributed by atoms with van der Waals surface area (Å²) in [5.41, 5.74) is 5.85. The molecule has 0 saturated carbocycles. The number of anilines is 1. The van der Waals surface area contributed by atoms with E-state index in [2.05, 4.69) is 13.8 Å². The average molecular weight is 266 g/mol. The Morgan fingerprint density at radius 1 is 1.32 bits per heavy atom. The summed E-state index contributed by atoms with van der Waals surface area (Å²) in [6.45, 7) is 7.52. The number of nitrogen functional groups attached to an aromatic ring is 1. The lowest BCUT2D eigenvalue weighted by Crippen LogP contribution is -2.35. The van der Waals surface area contributed by atoms with Crippen LogP contribution in [0.3, 0.4) is 0 Å². The van der Waals surface area contributed by atoms with Crippen LogP contribution in [0, 0.1) is 11.7 Å². The number of amides is 1. The second kappa shape index (κ2) is 7.12. The third-order valence-corrected chi connectivity index (χ3v) is 3.55. The van der Waals surface area contributed by atoms with Crippen LogP contribution in [0.5, 0.6) is 0 Å². The van der Waals surface area contributed by atoms with Gasteiger partial charge in [0.1, 0.15) is 5.82 Å². The molecule has 0 atom stereocenters. The molecule has 19 heavy (non-hydrogen) atoms. The highest BCUT2D eigenvalue weighted by atomic mass is 19.1. The van der Waals surface area contributed by atoms with Crippen LogP contribution in [0.4, 0.5) is 10.1 Å². The van der Waals surface area contributed by atoms with Crippen molar-refractivity contribution in [2.24, 2.45) is 5.92 Å². The topological polar surface area (TPSA) is 46.3 Å². The number of halogens is 1. The third-order valence-electron chi connectivity index (χ3n) is 3.55. The molecule has 3 nitrogen and oxygen atoms in total. The summed E-state index contributed by atoms with van der Waals surface area (Å²) >= 11 is 0. The predicted molar refractivity (Wildman–Crippen MR) is 76.5 cm³/mol. The zero-order chi connectivity index (χ0) is 14.4. The maximum Gasteiger partial charge on any atom is 0.253 e. The number of carbonyl (C=O) groups excluding carboxylic acids is 1. The molecular formula is C15H23FN2O. The number of hydrogen-bond acceptors (Lipinski definition) is 2. The van der Waals surface area contributed by atoms with Crippen molar-refractivity contribution in [1.29, 1.82) is 0 Å². The van der Waals surface area contributed by atoms with Crippen molar-refractivity contribution < 1.29 is 9.18 Å². The van der Waals surface area contributed by atoms with Crippen LogP contribution in [0.1, 0.15) is 44.0 Å². The molecule has 0 aromatic heterocycles. The molecule has 0 aliphatic rings. The van der Waals surface area contributed by atoms with Gasteiger partial charge >= 0.3 is 0 Å². The van der Waals surface area contributed by atoms with Crippen molar-refractivity contribution in [2.75, 3.05) is 18.8 Å². The van der Waals surface area contributed by atoms with E-state index in [1.807, 2.05) is 6.92 Å². The van der Waals surface area contributed by atoms with Gasteiger partial charge in [0.25, 0.3) is 5.91 Å². The summed E-state index contributed by atoms with van der Waals surface area (Å²) in [5.74, 6) is -0.180. The summed E-state index contributed by atoms with van der Waals surface area (Å²) < 4.78 is 13.4. The summed E-state index contributed by atoms with van der Waals surface area (Å²) in [7, 11) is 0. The van der Waals surface area contributed by atoms with Crippen molar-refractivity contribution in [3.63, 3.8) is 0 Å². The number of rotatable bonds is 6. The molecule has 2 N–H and O–H groups in total. The molecule has 0 spiro atoms. The molecule has 0 unspecified atom stereocenters. The predicted octanol–water partition coefficient (Wildman–Crippen LogP) is 3.31. The highest BCUT2D eigenvalue weighted by molar-refractivity contribution is 5.94. The summed E-state index contributed by atoms with van der Waals surface area (Å²) in [5, 5.41) is 0. The van der Waals surface area contributed by atoms with Gasteiger partial charge in [-0.1, -0.05) is 26.7 Å². The van der Waals surface area contributed by atoms with Gasteiger partial charge in [-0.2, -0.15) is 0 Å². The first kappa shape index (κ1) is 15.5. The van der Waals surface area contributed by atoms with Crippen LogP contribution in [0.15, 0.2) is 18.2 Å². The second-order valence-electron chi connectivity index (χ2n) is 4.76. The van der Waals surface area contributed by atoms with E-state index in [-0.39, 0.29) is 11.6 Å². The van der Waals surface area contributed by atoms with E-state index < -0.39 is 5.82 Å². The minimum Gasteiger partial charge on any atom is -0.396 e. The Morgan fingerprint density at radius 2 is 1.95 bits per heavy atom. The fourth-order valence-corrected chi connectivity index (χ4v) is 2.06. The summed E-state index contributed by atoms with van der Waals surface area (Å²) in [6, 6.07) is 4.23. The summed E-state index contributed by atoms with van der Waals surface area (Å²) in [4.78, 5) is 14.1. The van der Waals surface area contributed by atoms with Crippen molar-refractivity contribution in [3.05, 3.63) is 29.6 Å². The van der Waals surface area contributed by atoms with Crippen molar-refractivity contribution >= 4 is 11.6 Å². The highest BCUT2D eigenvalue weighted by Gasteiger charge is 2.18. The molecule has 1 aromatic carbocycles. The highest BCUT2D eigenvalue weighted by Crippen LogP contribution is 2.16. The number of carbonyl (C=O) groups is 1. The fraction of sp³-hybridized carbons (Fsp3) is 0.533. The van der Waals surface area contributed by atoms with Crippen molar-refractivity contribution in [3.8, 4) is 0 Å². The molecular weight excluding hydrogens is 243 g/mol. The van der Waals surface area contributed by atoms with E-state index >= 15 is 0 Å². The minimum absolute atomic E-state index is 0.0691. The van der Waals surface area contributed by atoms with Crippen LogP contribution < -0.4 is 5.73 Å². The molecule has 0 fully saturated rings. The standard InChI is InChI=1S/C15H23FN2O/c1-4-11(5-2)10-18(6-3)15(19)12-7-8-14(17)13(16)9-12/h7-9,11H,4-6,10,17H2,1-3H3. The maximum absolute atomic E-state index is 13.4. The lowest BCUT2D eigenvalue weighted by atomic mass is 10.0. The van der Waals surface area contributed by atoms with E-state index in [9.17, 15) is 9.18 Å².